The SMILES string of the molecule is CC1[CH-]C(Cc2[c-]cccc2)C(C)C1.[Y]. The second-order valence-electron chi connectivity index (χ2n) is 4.64. The average Bonchev–Trinajstić information content (AvgIpc) is 2.47. The summed E-state index contributed by atoms with van der Waals surface area (Å²) in [5.74, 6) is 2.42. The van der Waals surface area contributed by atoms with Crippen molar-refractivity contribution < 1.29 is 32.7 Å². The van der Waals surface area contributed by atoms with E-state index >= 15 is 0 Å². The molecule has 2 rings (SSSR count). The second kappa shape index (κ2) is 6.16. The largest absolute Gasteiger partial charge is 0.322 e. The minimum atomic E-state index is 0. The Kier molecular flexibility index (Phi) is 5.50. The van der Waals surface area contributed by atoms with Crippen LogP contribution in [-0.4, -0.2) is 0 Å². The number of hydrogen-bond acceptors (Lipinski definition) is 0. The van der Waals surface area contributed by atoms with Crippen LogP contribution in [0.5, 0.6) is 0 Å². The van der Waals surface area contributed by atoms with Crippen molar-refractivity contribution >= 4 is 0 Å². The zero-order chi connectivity index (χ0) is 9.97. The molecule has 1 aromatic carbocycles. The van der Waals surface area contributed by atoms with Gasteiger partial charge in [0.25, 0.3) is 0 Å². The van der Waals surface area contributed by atoms with Gasteiger partial charge in [-0.1, -0.05) is 32.6 Å². The summed E-state index contributed by atoms with van der Waals surface area (Å²) in [4.78, 5) is 0. The number of hydrogen-bond donors (Lipinski definition) is 0. The molecule has 0 saturated heterocycles. The van der Waals surface area contributed by atoms with Gasteiger partial charge in [0, 0.05) is 32.7 Å². The van der Waals surface area contributed by atoms with E-state index in [2.05, 4.69) is 38.5 Å². The molecule has 0 N–H and O–H groups in total. The van der Waals surface area contributed by atoms with Crippen molar-refractivity contribution in [2.45, 2.75) is 26.7 Å². The van der Waals surface area contributed by atoms with Gasteiger partial charge in [0.1, 0.15) is 0 Å². The maximum atomic E-state index is 3.31. The summed E-state index contributed by atoms with van der Waals surface area (Å²) in [5, 5.41) is 0. The smallest absolute Gasteiger partial charge is 0 e. The summed E-state index contributed by atoms with van der Waals surface area (Å²) in [6.07, 6.45) is 5.05. The van der Waals surface area contributed by atoms with Gasteiger partial charge < -0.3 is 6.42 Å². The van der Waals surface area contributed by atoms with Gasteiger partial charge in [0.15, 0.2) is 0 Å². The van der Waals surface area contributed by atoms with E-state index in [1.807, 2.05) is 12.1 Å². The van der Waals surface area contributed by atoms with Crippen LogP contribution in [0.3, 0.4) is 0 Å². The predicted octanol–water partition coefficient (Wildman–Crippen LogP) is 3.52. The van der Waals surface area contributed by atoms with Gasteiger partial charge in [-0.05, 0) is 0 Å². The molecule has 1 aliphatic rings. The number of rotatable bonds is 2. The Morgan fingerprint density at radius 1 is 1.40 bits per heavy atom. The van der Waals surface area contributed by atoms with Gasteiger partial charge in [-0.25, -0.2) is 0 Å². The van der Waals surface area contributed by atoms with Gasteiger partial charge in [0.2, 0.25) is 0 Å². The molecule has 0 bridgehead atoms. The zero-order valence-electron chi connectivity index (χ0n) is 9.61. The molecule has 0 amide bonds. The summed E-state index contributed by atoms with van der Waals surface area (Å²) < 4.78 is 0. The Morgan fingerprint density at radius 3 is 2.73 bits per heavy atom. The standard InChI is InChI=1S/C14H18.Y/c1-11-8-12(2)14(9-11)10-13-6-4-3-5-7-13;/h3-6,9,11-12,14H,8,10H2,1-2H3;/q-2;. The van der Waals surface area contributed by atoms with E-state index in [4.69, 9.17) is 0 Å². The van der Waals surface area contributed by atoms with Crippen LogP contribution in [0.1, 0.15) is 25.8 Å². The summed E-state index contributed by atoms with van der Waals surface area (Å²) >= 11 is 0. The Balaban J connectivity index is 0.00000112. The Hall–Kier alpha value is 0.324. The topological polar surface area (TPSA) is 0 Å². The summed E-state index contributed by atoms with van der Waals surface area (Å²) in [6.45, 7) is 4.69. The molecule has 0 aromatic heterocycles. The van der Waals surface area contributed by atoms with E-state index in [9.17, 15) is 0 Å². The fourth-order valence-corrected chi connectivity index (χ4v) is 2.53. The van der Waals surface area contributed by atoms with Crippen LogP contribution in [0.2, 0.25) is 0 Å². The molecule has 3 unspecified atom stereocenters. The van der Waals surface area contributed by atoms with Crippen LogP contribution in [0.15, 0.2) is 24.3 Å². The van der Waals surface area contributed by atoms with Gasteiger partial charge >= 0.3 is 0 Å². The minimum absolute atomic E-state index is 0. The predicted molar refractivity (Wildman–Crippen MR) is 59.7 cm³/mol. The van der Waals surface area contributed by atoms with E-state index in [1.165, 1.54) is 18.4 Å². The van der Waals surface area contributed by atoms with Crippen LogP contribution in [0, 0.1) is 30.2 Å². The fourth-order valence-electron chi connectivity index (χ4n) is 2.53. The Labute approximate surface area is 119 Å². The first-order valence-corrected chi connectivity index (χ1v) is 5.56. The van der Waals surface area contributed by atoms with Crippen molar-refractivity contribution in [1.82, 2.24) is 0 Å². The molecule has 0 spiro atoms. The molecule has 1 fully saturated rings. The van der Waals surface area contributed by atoms with Gasteiger partial charge in [-0.3, -0.25) is 0 Å². The fraction of sp³-hybridized carbons (Fsp3) is 0.500. The molecular weight excluding hydrogens is 257 g/mol. The van der Waals surface area contributed by atoms with Crippen LogP contribution in [0.4, 0.5) is 0 Å². The molecule has 79 valence electrons. The van der Waals surface area contributed by atoms with Crippen molar-refractivity contribution in [2.75, 3.05) is 0 Å². The molecule has 15 heavy (non-hydrogen) atoms. The first kappa shape index (κ1) is 13.4. The Morgan fingerprint density at radius 2 is 2.20 bits per heavy atom. The third-order valence-corrected chi connectivity index (χ3v) is 3.28. The average molecular weight is 275 g/mol. The van der Waals surface area contributed by atoms with E-state index in [0.29, 0.717) is 0 Å². The van der Waals surface area contributed by atoms with E-state index in [1.54, 1.807) is 0 Å². The summed E-state index contributed by atoms with van der Waals surface area (Å²) in [5.41, 5.74) is 1.36. The monoisotopic (exact) mass is 275 g/mol. The molecule has 0 aliphatic heterocycles. The minimum Gasteiger partial charge on any atom is -0.322 e. The van der Waals surface area contributed by atoms with Crippen LogP contribution < -0.4 is 0 Å². The maximum absolute atomic E-state index is 3.31. The van der Waals surface area contributed by atoms with Crippen molar-refractivity contribution in [3.63, 3.8) is 0 Å². The molecule has 1 aromatic rings. The van der Waals surface area contributed by atoms with Crippen molar-refractivity contribution in [3.8, 4) is 0 Å². The van der Waals surface area contributed by atoms with Gasteiger partial charge in [0.05, 0.1) is 0 Å². The third kappa shape index (κ3) is 3.68. The summed E-state index contributed by atoms with van der Waals surface area (Å²) in [6, 6.07) is 11.6. The first-order valence-electron chi connectivity index (χ1n) is 5.56. The van der Waals surface area contributed by atoms with E-state index in [0.717, 1.165) is 17.8 Å². The second-order valence-corrected chi connectivity index (χ2v) is 4.64. The molecule has 1 aliphatic carbocycles. The van der Waals surface area contributed by atoms with Crippen molar-refractivity contribution in [3.05, 3.63) is 42.3 Å². The first-order chi connectivity index (χ1) is 6.75. The molecule has 1 radical (unpaired) electrons. The number of benzene rings is 1. The van der Waals surface area contributed by atoms with E-state index < -0.39 is 0 Å². The van der Waals surface area contributed by atoms with Crippen molar-refractivity contribution in [2.24, 2.45) is 17.8 Å². The molecule has 1 heteroatoms. The zero-order valence-corrected chi connectivity index (χ0v) is 12.4. The van der Waals surface area contributed by atoms with Crippen LogP contribution in [-0.2, 0) is 39.1 Å². The third-order valence-electron chi connectivity index (χ3n) is 3.28. The normalized spacial score (nSPS) is 29.9. The molecule has 1 saturated carbocycles. The molecule has 3 atom stereocenters. The van der Waals surface area contributed by atoms with Gasteiger partial charge in [-0.15, -0.1) is 0 Å². The quantitative estimate of drug-likeness (QED) is 0.724. The van der Waals surface area contributed by atoms with Crippen molar-refractivity contribution in [1.29, 1.82) is 0 Å². The van der Waals surface area contributed by atoms with Gasteiger partial charge in [-0.2, -0.15) is 47.7 Å². The summed E-state index contributed by atoms with van der Waals surface area (Å²) in [7, 11) is 0. The molecule has 0 heterocycles. The van der Waals surface area contributed by atoms with E-state index in [-0.39, 0.29) is 32.7 Å². The van der Waals surface area contributed by atoms with Crippen LogP contribution >= 0.6 is 0 Å². The molecular formula is C14H18Y-2. The molecule has 0 nitrogen and oxygen atoms in total. The maximum Gasteiger partial charge on any atom is 0 e. The van der Waals surface area contributed by atoms with Crippen LogP contribution in [0.25, 0.3) is 0 Å². The Bertz CT molecular complexity index is 281.